The number of likely N-dealkylation sites (tertiary alicyclic amines) is 1. The van der Waals surface area contributed by atoms with Gasteiger partial charge in [-0.25, -0.2) is 4.79 Å². The molecule has 1 saturated heterocycles. The summed E-state index contributed by atoms with van der Waals surface area (Å²) in [6.07, 6.45) is 3.26. The molecule has 7 heteroatoms. The van der Waals surface area contributed by atoms with E-state index in [9.17, 15) is 14.7 Å². The summed E-state index contributed by atoms with van der Waals surface area (Å²) in [5, 5.41) is 12.0. The van der Waals surface area contributed by atoms with Crippen LogP contribution in [0.15, 0.2) is 41.6 Å². The molecule has 0 saturated carbocycles. The van der Waals surface area contributed by atoms with Crippen LogP contribution in [-0.4, -0.2) is 72.9 Å². The van der Waals surface area contributed by atoms with Crippen molar-refractivity contribution in [3.05, 3.63) is 41.6 Å². The first-order valence-electron chi connectivity index (χ1n) is 11.1. The Morgan fingerprint density at radius 2 is 1.87 bits per heavy atom. The van der Waals surface area contributed by atoms with Crippen molar-refractivity contribution in [3.63, 3.8) is 0 Å². The largest absolute Gasteiger partial charge is 0.444 e. The second-order valence-electron chi connectivity index (χ2n) is 9.71. The Balaban J connectivity index is 2.27. The van der Waals surface area contributed by atoms with Crippen molar-refractivity contribution < 1.29 is 19.4 Å². The molecule has 6 nitrogen and oxygen atoms in total. The van der Waals surface area contributed by atoms with E-state index in [-0.39, 0.29) is 25.1 Å². The summed E-state index contributed by atoms with van der Waals surface area (Å²) in [6, 6.07) is 10.2. The van der Waals surface area contributed by atoms with E-state index in [2.05, 4.69) is 31.3 Å². The summed E-state index contributed by atoms with van der Waals surface area (Å²) >= 11 is 0. The molecule has 1 atom stereocenters. The van der Waals surface area contributed by atoms with Gasteiger partial charge < -0.3 is 14.7 Å². The van der Waals surface area contributed by atoms with E-state index in [1.165, 1.54) is 10.1 Å². The molecule has 172 valence electrons. The highest BCUT2D eigenvalue weighted by Gasteiger charge is 2.34. The van der Waals surface area contributed by atoms with Gasteiger partial charge in [0.2, 0.25) is 5.91 Å². The van der Waals surface area contributed by atoms with Crippen molar-refractivity contribution in [2.24, 2.45) is 0 Å². The lowest BCUT2D eigenvalue weighted by Gasteiger charge is -2.34. The van der Waals surface area contributed by atoms with Crippen LogP contribution >= 0.6 is 0 Å². The van der Waals surface area contributed by atoms with Gasteiger partial charge >= 0.3 is 6.09 Å². The van der Waals surface area contributed by atoms with E-state index >= 15 is 0 Å². The van der Waals surface area contributed by atoms with Gasteiger partial charge in [0.05, 0.1) is 12.6 Å². The van der Waals surface area contributed by atoms with Gasteiger partial charge in [0.25, 0.3) is 0 Å². The van der Waals surface area contributed by atoms with Crippen LogP contribution in [0.25, 0.3) is 0 Å². The number of rotatable bonds is 7. The Kier molecular flexibility index (Phi) is 8.48. The van der Waals surface area contributed by atoms with Gasteiger partial charge in [-0.1, -0.05) is 59.9 Å². The minimum atomic E-state index is -2.03. The lowest BCUT2D eigenvalue weighted by Crippen LogP contribution is -2.51. The Morgan fingerprint density at radius 1 is 1.23 bits per heavy atom. The van der Waals surface area contributed by atoms with Gasteiger partial charge in [-0.3, -0.25) is 9.69 Å². The number of aliphatic hydroxyl groups excluding tert-OH is 1. The van der Waals surface area contributed by atoms with E-state index in [0.717, 1.165) is 18.0 Å². The van der Waals surface area contributed by atoms with Crippen LogP contribution in [0.4, 0.5) is 4.79 Å². The number of allylic oxidation sites excluding steroid dienone is 1. The van der Waals surface area contributed by atoms with Crippen molar-refractivity contribution in [1.82, 2.24) is 9.80 Å². The number of aliphatic hydroxyl groups is 1. The summed E-state index contributed by atoms with van der Waals surface area (Å²) in [4.78, 5) is 29.3. The lowest BCUT2D eigenvalue weighted by atomic mass is 10.2. The number of amides is 2. The molecule has 2 rings (SSSR count). The maximum absolute atomic E-state index is 13.0. The maximum Gasteiger partial charge on any atom is 0.411 e. The Morgan fingerprint density at radius 3 is 2.42 bits per heavy atom. The van der Waals surface area contributed by atoms with Gasteiger partial charge in [-0.05, 0) is 40.5 Å². The molecular weight excluding hydrogens is 408 g/mol. The first kappa shape index (κ1) is 25.1. The summed E-state index contributed by atoms with van der Waals surface area (Å²) in [7, 11) is -2.03. The summed E-state index contributed by atoms with van der Waals surface area (Å²) in [5.41, 5.74) is -0.651. The molecule has 1 aliphatic rings. The van der Waals surface area contributed by atoms with Crippen LogP contribution in [0, 0.1) is 0 Å². The average Bonchev–Trinajstić information content (AvgIpc) is 3.19. The molecule has 1 heterocycles. The SMILES string of the molecule is C/C=C(/CN(CC(=O)N1CCC[C@H]1CO)C(=O)OC(C)(C)C)[Si](C)(C)c1ccccc1. The molecule has 0 aliphatic carbocycles. The normalized spacial score (nSPS) is 17.6. The summed E-state index contributed by atoms with van der Waals surface area (Å²) in [6.45, 7) is 12.9. The van der Waals surface area contributed by atoms with Gasteiger partial charge in [0, 0.05) is 13.1 Å². The summed E-state index contributed by atoms with van der Waals surface area (Å²) in [5.74, 6) is -0.142. The van der Waals surface area contributed by atoms with Crippen molar-refractivity contribution in [3.8, 4) is 0 Å². The second-order valence-corrected chi connectivity index (χ2v) is 14.2. The van der Waals surface area contributed by atoms with Crippen molar-refractivity contribution in [1.29, 1.82) is 0 Å². The van der Waals surface area contributed by atoms with Crippen molar-refractivity contribution in [2.45, 2.75) is 65.3 Å². The number of hydrogen-bond acceptors (Lipinski definition) is 4. The zero-order valence-corrected chi connectivity index (χ0v) is 20.9. The molecule has 1 aromatic carbocycles. The van der Waals surface area contributed by atoms with E-state index in [1.807, 2.05) is 45.9 Å². The van der Waals surface area contributed by atoms with Crippen LogP contribution in [0.3, 0.4) is 0 Å². The number of ether oxygens (including phenoxy) is 1. The minimum absolute atomic E-state index is 0.0494. The lowest BCUT2D eigenvalue weighted by molar-refractivity contribution is -0.133. The second kappa shape index (κ2) is 10.5. The van der Waals surface area contributed by atoms with Crippen LogP contribution in [0.2, 0.25) is 13.1 Å². The topological polar surface area (TPSA) is 70.1 Å². The van der Waals surface area contributed by atoms with Crippen LogP contribution in [0.1, 0.15) is 40.5 Å². The van der Waals surface area contributed by atoms with E-state index in [4.69, 9.17) is 4.74 Å². The average molecular weight is 447 g/mol. The van der Waals surface area contributed by atoms with Gasteiger partial charge in [-0.15, -0.1) is 0 Å². The fraction of sp³-hybridized carbons (Fsp3) is 0.583. The maximum atomic E-state index is 13.0. The first-order chi connectivity index (χ1) is 14.5. The Labute approximate surface area is 187 Å². The van der Waals surface area contributed by atoms with Crippen LogP contribution < -0.4 is 5.19 Å². The highest BCUT2D eigenvalue weighted by Crippen LogP contribution is 2.21. The number of carbonyl (C=O) groups is 2. The third-order valence-corrected chi connectivity index (χ3v) is 9.72. The van der Waals surface area contributed by atoms with Crippen LogP contribution in [0.5, 0.6) is 0 Å². The third-order valence-electron chi connectivity index (χ3n) is 5.89. The molecule has 1 aromatic rings. The summed E-state index contributed by atoms with van der Waals surface area (Å²) < 4.78 is 5.64. The molecule has 1 N–H and O–H groups in total. The fourth-order valence-corrected chi connectivity index (χ4v) is 6.72. The third kappa shape index (κ3) is 6.68. The molecule has 0 radical (unpaired) electrons. The molecule has 0 spiro atoms. The van der Waals surface area contributed by atoms with Gasteiger partial charge in [-0.2, -0.15) is 0 Å². The molecule has 0 bridgehead atoms. The highest BCUT2D eigenvalue weighted by molar-refractivity contribution is 6.95. The smallest absolute Gasteiger partial charge is 0.411 e. The number of carbonyl (C=O) groups excluding carboxylic acids is 2. The van der Waals surface area contributed by atoms with E-state index in [1.54, 1.807) is 4.90 Å². The predicted molar refractivity (Wildman–Crippen MR) is 127 cm³/mol. The molecule has 2 amide bonds. The predicted octanol–water partition coefficient (Wildman–Crippen LogP) is 3.31. The molecule has 31 heavy (non-hydrogen) atoms. The molecular formula is C24H38N2O4Si. The zero-order chi connectivity index (χ0) is 23.2. The number of nitrogens with zero attached hydrogens (tertiary/aromatic N) is 2. The standard InChI is InChI=1S/C24H38N2O4Si/c1-7-20(31(5,6)21-13-9-8-10-14-21)16-25(23(29)30-24(2,3)4)17-22(28)26-15-11-12-19(26)18-27/h7-10,13-14,19,27H,11-12,15-18H2,1-6H3/b20-7-/t19-/m0/s1. The minimum Gasteiger partial charge on any atom is -0.444 e. The van der Waals surface area contributed by atoms with Crippen LogP contribution in [-0.2, 0) is 9.53 Å². The van der Waals surface area contributed by atoms with E-state index < -0.39 is 19.8 Å². The molecule has 0 aromatic heterocycles. The van der Waals surface area contributed by atoms with Gasteiger partial charge in [0.1, 0.15) is 20.2 Å². The Bertz CT molecular complexity index is 787. The van der Waals surface area contributed by atoms with Crippen molar-refractivity contribution in [2.75, 3.05) is 26.2 Å². The number of hydrogen-bond donors (Lipinski definition) is 1. The number of benzene rings is 1. The van der Waals surface area contributed by atoms with Crippen molar-refractivity contribution >= 4 is 25.3 Å². The fourth-order valence-electron chi connectivity index (χ4n) is 4.02. The monoisotopic (exact) mass is 446 g/mol. The molecule has 1 fully saturated rings. The Hall–Kier alpha value is -2.12. The first-order valence-corrected chi connectivity index (χ1v) is 14.1. The molecule has 1 aliphatic heterocycles. The molecule has 0 unspecified atom stereocenters. The van der Waals surface area contributed by atoms with Gasteiger partial charge in [0.15, 0.2) is 0 Å². The quantitative estimate of drug-likeness (QED) is 0.653. The zero-order valence-electron chi connectivity index (χ0n) is 19.9. The van der Waals surface area contributed by atoms with E-state index in [0.29, 0.717) is 13.1 Å². The highest BCUT2D eigenvalue weighted by atomic mass is 28.3.